The summed E-state index contributed by atoms with van der Waals surface area (Å²) in [6.45, 7) is 5.99. The normalized spacial score (nSPS) is 16.7. The number of unbranched alkanes of at least 4 members (excludes halogenated alkanes) is 1. The third-order valence-electron chi connectivity index (χ3n) is 5.51. The van der Waals surface area contributed by atoms with E-state index in [0.29, 0.717) is 22.9 Å². The highest BCUT2D eigenvalue weighted by Gasteiger charge is 2.40. The van der Waals surface area contributed by atoms with Crippen molar-refractivity contribution in [3.05, 3.63) is 82.9 Å². The molecule has 2 aromatic rings. The Bertz CT molecular complexity index is 1100. The van der Waals surface area contributed by atoms with Gasteiger partial charge in [-0.2, -0.15) is 5.26 Å². The quantitative estimate of drug-likeness (QED) is 0.304. The molecule has 1 fully saturated rings. The second kappa shape index (κ2) is 12.1. The van der Waals surface area contributed by atoms with Crippen molar-refractivity contribution < 1.29 is 14.3 Å². The molecule has 0 aromatic heterocycles. The van der Waals surface area contributed by atoms with Gasteiger partial charge in [-0.15, -0.1) is 6.58 Å². The van der Waals surface area contributed by atoms with Crippen LogP contribution in [0.2, 0.25) is 0 Å². The van der Waals surface area contributed by atoms with Crippen molar-refractivity contribution in [3.63, 3.8) is 0 Å². The molecule has 1 unspecified atom stereocenters. The summed E-state index contributed by atoms with van der Waals surface area (Å²) in [5, 5.41) is 12.3. The van der Waals surface area contributed by atoms with Crippen LogP contribution in [0, 0.1) is 11.3 Å². The van der Waals surface area contributed by atoms with E-state index in [-0.39, 0.29) is 18.0 Å². The Kier molecular flexibility index (Phi) is 8.94. The molecule has 34 heavy (non-hydrogen) atoms. The van der Waals surface area contributed by atoms with E-state index < -0.39 is 11.2 Å². The molecule has 1 N–H and O–H groups in total. The van der Waals surface area contributed by atoms with Gasteiger partial charge in [-0.25, -0.2) is 0 Å². The van der Waals surface area contributed by atoms with E-state index in [0.717, 1.165) is 24.8 Å². The summed E-state index contributed by atoms with van der Waals surface area (Å²) in [5.41, 5.74) is 2.81. The van der Waals surface area contributed by atoms with E-state index in [4.69, 9.17) is 4.74 Å². The number of methoxy groups -OCH3 is 1. The fraction of sp³-hybridized carbons (Fsp3) is 0.296. The minimum Gasteiger partial charge on any atom is -0.497 e. The number of hydrogen-bond acceptors (Lipinski definition) is 5. The highest BCUT2D eigenvalue weighted by atomic mass is 32.2. The van der Waals surface area contributed by atoms with E-state index >= 15 is 0 Å². The number of nitrogens with zero attached hydrogens (tertiary/aromatic N) is 2. The molecule has 1 atom stereocenters. The Morgan fingerprint density at radius 1 is 1.21 bits per heavy atom. The van der Waals surface area contributed by atoms with Gasteiger partial charge in [0.25, 0.3) is 5.91 Å². The maximum absolute atomic E-state index is 13.5. The van der Waals surface area contributed by atoms with Crippen molar-refractivity contribution in [2.45, 2.75) is 37.9 Å². The summed E-state index contributed by atoms with van der Waals surface area (Å²) in [7, 11) is 1.57. The monoisotopic (exact) mass is 475 g/mol. The van der Waals surface area contributed by atoms with E-state index in [1.54, 1.807) is 37.5 Å². The lowest BCUT2D eigenvalue weighted by Gasteiger charge is -2.19. The van der Waals surface area contributed by atoms with Gasteiger partial charge < -0.3 is 10.1 Å². The first kappa shape index (κ1) is 25.1. The molecule has 0 aliphatic carbocycles. The molecule has 0 bridgehead atoms. The predicted molar refractivity (Wildman–Crippen MR) is 136 cm³/mol. The molecule has 7 heteroatoms. The topological polar surface area (TPSA) is 82.4 Å². The summed E-state index contributed by atoms with van der Waals surface area (Å²) in [4.78, 5) is 27.7. The van der Waals surface area contributed by atoms with Crippen molar-refractivity contribution in [3.8, 4) is 11.8 Å². The lowest BCUT2D eigenvalue weighted by atomic mass is 10.0. The number of carbonyl (C=O) groups is 2. The van der Waals surface area contributed by atoms with Gasteiger partial charge in [-0.05, 0) is 54.7 Å². The molecule has 0 radical (unpaired) electrons. The average molecular weight is 476 g/mol. The van der Waals surface area contributed by atoms with Crippen molar-refractivity contribution in [1.82, 2.24) is 5.32 Å². The van der Waals surface area contributed by atoms with E-state index in [1.165, 1.54) is 22.2 Å². The number of nitrogens with one attached hydrogen (secondary N) is 1. The third kappa shape index (κ3) is 5.89. The summed E-state index contributed by atoms with van der Waals surface area (Å²) < 4.78 is 5.22. The first-order valence-electron chi connectivity index (χ1n) is 11.3. The van der Waals surface area contributed by atoms with E-state index in [9.17, 15) is 14.9 Å². The number of nitriles is 1. The molecule has 1 heterocycles. The minimum absolute atomic E-state index is 0.0894. The highest BCUT2D eigenvalue weighted by Crippen LogP contribution is 2.42. The molecule has 1 aliphatic rings. The first-order valence-corrected chi connectivity index (χ1v) is 12.2. The maximum atomic E-state index is 13.5. The molecule has 2 aromatic carbocycles. The van der Waals surface area contributed by atoms with Crippen LogP contribution >= 0.6 is 11.8 Å². The third-order valence-corrected chi connectivity index (χ3v) is 6.77. The largest absolute Gasteiger partial charge is 0.497 e. The van der Waals surface area contributed by atoms with E-state index in [1.807, 2.05) is 6.07 Å². The fourth-order valence-corrected chi connectivity index (χ4v) is 4.95. The molecule has 1 saturated heterocycles. The number of aryl methyl sites for hydroxylation is 1. The van der Waals surface area contributed by atoms with Crippen LogP contribution in [0.3, 0.4) is 0 Å². The van der Waals surface area contributed by atoms with Gasteiger partial charge in [0.15, 0.2) is 0 Å². The average Bonchev–Trinajstić information content (AvgIpc) is 3.18. The van der Waals surface area contributed by atoms with Gasteiger partial charge in [0.05, 0.1) is 12.4 Å². The van der Waals surface area contributed by atoms with Crippen molar-refractivity contribution in [2.24, 2.45) is 0 Å². The van der Waals surface area contributed by atoms with Crippen LogP contribution in [0.5, 0.6) is 5.75 Å². The molecule has 6 nitrogen and oxygen atoms in total. The first-order chi connectivity index (χ1) is 16.5. The van der Waals surface area contributed by atoms with Crippen molar-refractivity contribution in [1.29, 1.82) is 5.26 Å². The standard InChI is InChI=1S/C27H29N3O3S/c1-4-6-7-19-8-10-20(11-9-19)17-24-26(32)30(21-12-14-22(33-3)15-13-21)27(34-24)23(18-28)25(31)29-16-5-2/h5,8-15,24H,2,4,6-7,16-17H2,1,3H3,(H,29,31)/b27-23-. The zero-order valence-electron chi connectivity index (χ0n) is 19.5. The number of thioether (sulfide) groups is 1. The van der Waals surface area contributed by atoms with Crippen molar-refractivity contribution >= 4 is 29.3 Å². The summed E-state index contributed by atoms with van der Waals surface area (Å²) in [6, 6.07) is 17.3. The molecule has 1 aliphatic heterocycles. The van der Waals surface area contributed by atoms with Gasteiger partial charge >= 0.3 is 0 Å². The summed E-state index contributed by atoms with van der Waals surface area (Å²) in [5.74, 6) is -0.0424. The Hall–Kier alpha value is -3.50. The van der Waals surface area contributed by atoms with Crippen LogP contribution in [0.25, 0.3) is 0 Å². The molecule has 0 spiro atoms. The Morgan fingerprint density at radius 3 is 2.47 bits per heavy atom. The zero-order chi connectivity index (χ0) is 24.5. The van der Waals surface area contributed by atoms with Gasteiger partial charge in [-0.1, -0.05) is 55.4 Å². The number of hydrogen-bond donors (Lipinski definition) is 1. The lowest BCUT2D eigenvalue weighted by molar-refractivity contribution is -0.117. The Labute approximate surface area is 205 Å². The van der Waals surface area contributed by atoms with Crippen molar-refractivity contribution in [2.75, 3.05) is 18.6 Å². The summed E-state index contributed by atoms with van der Waals surface area (Å²) >= 11 is 1.25. The SMILES string of the molecule is C=CCNC(=O)/C(C#N)=C1\SC(Cc2ccc(CCCC)cc2)C(=O)N1c1ccc(OC)cc1. The fourth-order valence-electron chi connectivity index (χ4n) is 3.64. The smallest absolute Gasteiger partial charge is 0.264 e. The van der Waals surface area contributed by atoms with E-state index in [2.05, 4.69) is 43.1 Å². The van der Waals surface area contributed by atoms with Crippen LogP contribution < -0.4 is 15.0 Å². The molecule has 0 saturated carbocycles. The number of benzene rings is 2. The molecule has 3 rings (SSSR count). The molecule has 2 amide bonds. The maximum Gasteiger partial charge on any atom is 0.264 e. The highest BCUT2D eigenvalue weighted by molar-refractivity contribution is 8.05. The Balaban J connectivity index is 1.93. The summed E-state index contributed by atoms with van der Waals surface area (Å²) in [6.07, 6.45) is 5.37. The van der Waals surface area contributed by atoms with Crippen LogP contribution in [0.15, 0.2) is 71.8 Å². The van der Waals surface area contributed by atoms with Gasteiger partial charge in [0, 0.05) is 12.2 Å². The van der Waals surface area contributed by atoms with Crippen LogP contribution in [-0.4, -0.2) is 30.7 Å². The molecular weight excluding hydrogens is 446 g/mol. The number of anilines is 1. The van der Waals surface area contributed by atoms with Gasteiger partial charge in [0.2, 0.25) is 5.91 Å². The Morgan fingerprint density at radius 2 is 1.88 bits per heavy atom. The molecule has 176 valence electrons. The predicted octanol–water partition coefficient (Wildman–Crippen LogP) is 4.77. The minimum atomic E-state index is -0.530. The van der Waals surface area contributed by atoms with Gasteiger partial charge in [0.1, 0.15) is 22.4 Å². The number of amides is 2. The zero-order valence-corrected chi connectivity index (χ0v) is 20.4. The number of rotatable bonds is 10. The lowest BCUT2D eigenvalue weighted by Crippen LogP contribution is -2.32. The second-order valence-electron chi connectivity index (χ2n) is 7.89. The number of ether oxygens (including phenoxy) is 1. The number of carbonyl (C=O) groups excluding carboxylic acids is 2. The second-order valence-corrected chi connectivity index (χ2v) is 9.08. The molecular formula is C27H29N3O3S. The van der Waals surface area contributed by atoms with Crippen LogP contribution in [0.4, 0.5) is 5.69 Å². The van der Waals surface area contributed by atoms with Crippen LogP contribution in [0.1, 0.15) is 30.9 Å². The van der Waals surface area contributed by atoms with Crippen LogP contribution in [-0.2, 0) is 22.4 Å². The van der Waals surface area contributed by atoms with Gasteiger partial charge in [-0.3, -0.25) is 14.5 Å².